The first-order chi connectivity index (χ1) is 9.92. The highest BCUT2D eigenvalue weighted by Gasteiger charge is 2.02. The Balaban J connectivity index is 1.79. The minimum Gasteiger partial charge on any atom is -0.310 e. The van der Waals surface area contributed by atoms with E-state index in [0.29, 0.717) is 11.6 Å². The monoisotopic (exact) mass is 263 g/mol. The molecule has 98 valence electrons. The van der Waals surface area contributed by atoms with Crippen molar-refractivity contribution >= 4 is 11.6 Å². The van der Waals surface area contributed by atoms with E-state index in [1.165, 1.54) is 5.56 Å². The van der Waals surface area contributed by atoms with E-state index in [1.54, 1.807) is 18.6 Å². The Morgan fingerprint density at radius 2 is 1.85 bits per heavy atom. The number of hydrogen-bond acceptors (Lipinski definition) is 4. The predicted octanol–water partition coefficient (Wildman–Crippen LogP) is 3.74. The molecule has 0 aliphatic carbocycles. The summed E-state index contributed by atoms with van der Waals surface area (Å²) in [6.45, 7) is 0.724. The predicted molar refractivity (Wildman–Crippen MR) is 76.2 cm³/mol. The molecule has 0 unspecified atom stereocenters. The molecule has 0 atom stereocenters. The molecule has 5 heteroatoms. The minimum absolute atomic E-state index is 0.581. The number of benzene rings is 1. The number of imidazole rings is 1. The van der Waals surface area contributed by atoms with E-state index in [4.69, 9.17) is 0 Å². The van der Waals surface area contributed by atoms with Gasteiger partial charge in [-0.25, -0.2) is 4.98 Å². The number of hydrogen-bond donors (Lipinski definition) is 0. The fraction of sp³-hybridized carbons (Fsp3) is 0.0667. The van der Waals surface area contributed by atoms with Gasteiger partial charge in [0.15, 0.2) is 0 Å². The second-order valence-electron chi connectivity index (χ2n) is 4.25. The van der Waals surface area contributed by atoms with Crippen LogP contribution in [0.25, 0.3) is 0 Å². The van der Waals surface area contributed by atoms with Crippen LogP contribution in [0.1, 0.15) is 5.56 Å². The largest absolute Gasteiger partial charge is 0.310 e. The maximum atomic E-state index is 4.21. The summed E-state index contributed by atoms with van der Waals surface area (Å²) in [5, 5.41) is 8.30. The smallest absolute Gasteiger partial charge is 0.249 e. The zero-order valence-electron chi connectivity index (χ0n) is 10.8. The van der Waals surface area contributed by atoms with Crippen LogP contribution in [0.4, 0.5) is 11.6 Å². The van der Waals surface area contributed by atoms with Crippen molar-refractivity contribution in [1.82, 2.24) is 14.5 Å². The normalized spacial score (nSPS) is 11.0. The Bertz CT molecular complexity index is 689. The third-order valence-corrected chi connectivity index (χ3v) is 2.79. The minimum atomic E-state index is 0.581. The molecule has 0 saturated carbocycles. The average molecular weight is 263 g/mol. The number of pyridine rings is 1. The third kappa shape index (κ3) is 2.95. The average Bonchev–Trinajstić information content (AvgIpc) is 2.94. The van der Waals surface area contributed by atoms with E-state index in [9.17, 15) is 0 Å². The van der Waals surface area contributed by atoms with Crippen LogP contribution in [0.2, 0.25) is 0 Å². The van der Waals surface area contributed by atoms with Gasteiger partial charge in [0.05, 0.1) is 12.7 Å². The molecule has 0 aliphatic rings. The summed E-state index contributed by atoms with van der Waals surface area (Å²) in [7, 11) is 0. The molecule has 3 rings (SSSR count). The summed E-state index contributed by atoms with van der Waals surface area (Å²) in [5.74, 6) is 0.581. The van der Waals surface area contributed by atoms with Gasteiger partial charge in [-0.1, -0.05) is 30.3 Å². The maximum Gasteiger partial charge on any atom is 0.249 e. The molecule has 0 N–H and O–H groups in total. The lowest BCUT2D eigenvalue weighted by atomic mass is 10.2. The molecule has 3 aromatic rings. The fourth-order valence-electron chi connectivity index (χ4n) is 1.82. The number of nitrogens with zero attached hydrogens (tertiary/aromatic N) is 5. The van der Waals surface area contributed by atoms with Crippen LogP contribution < -0.4 is 0 Å². The van der Waals surface area contributed by atoms with E-state index in [1.807, 2.05) is 41.1 Å². The van der Waals surface area contributed by atoms with Crippen molar-refractivity contribution in [3.63, 3.8) is 0 Å². The Labute approximate surface area is 116 Å². The first kappa shape index (κ1) is 12.2. The Kier molecular flexibility index (Phi) is 3.59. The van der Waals surface area contributed by atoms with Crippen LogP contribution >= 0.6 is 0 Å². The quantitative estimate of drug-likeness (QED) is 0.673. The molecular formula is C15H13N5. The highest BCUT2D eigenvalue weighted by molar-refractivity contribution is 5.32. The molecule has 2 heterocycles. The number of rotatable bonds is 4. The molecule has 1 aromatic carbocycles. The topological polar surface area (TPSA) is 55.4 Å². The molecule has 0 aliphatic heterocycles. The van der Waals surface area contributed by atoms with Gasteiger partial charge in [0, 0.05) is 18.6 Å². The van der Waals surface area contributed by atoms with Crippen LogP contribution in [0.15, 0.2) is 77.5 Å². The molecular weight excluding hydrogens is 250 g/mol. The van der Waals surface area contributed by atoms with Crippen LogP contribution in [0, 0.1) is 0 Å². The van der Waals surface area contributed by atoms with Gasteiger partial charge in [0.25, 0.3) is 0 Å². The Hall–Kier alpha value is -2.82. The molecule has 0 fully saturated rings. The van der Waals surface area contributed by atoms with E-state index < -0.39 is 0 Å². The van der Waals surface area contributed by atoms with Crippen molar-refractivity contribution in [3.8, 4) is 0 Å². The zero-order chi connectivity index (χ0) is 13.6. The van der Waals surface area contributed by atoms with Gasteiger partial charge < -0.3 is 4.57 Å². The molecule has 0 amide bonds. The van der Waals surface area contributed by atoms with Crippen LogP contribution in [-0.4, -0.2) is 14.5 Å². The fourth-order valence-corrected chi connectivity index (χ4v) is 1.82. The number of aromatic nitrogens is 3. The van der Waals surface area contributed by atoms with Crippen molar-refractivity contribution in [2.75, 3.05) is 0 Å². The summed E-state index contributed by atoms with van der Waals surface area (Å²) in [6.07, 6.45) is 6.98. The van der Waals surface area contributed by atoms with E-state index in [0.717, 1.165) is 6.54 Å². The highest BCUT2D eigenvalue weighted by atomic mass is 15.3. The Morgan fingerprint density at radius 3 is 2.65 bits per heavy atom. The molecule has 0 radical (unpaired) electrons. The van der Waals surface area contributed by atoms with Crippen LogP contribution in [-0.2, 0) is 6.54 Å². The second kappa shape index (κ2) is 5.88. The van der Waals surface area contributed by atoms with Crippen molar-refractivity contribution in [2.24, 2.45) is 10.2 Å². The lowest BCUT2D eigenvalue weighted by Gasteiger charge is -2.03. The van der Waals surface area contributed by atoms with Gasteiger partial charge >= 0.3 is 0 Å². The van der Waals surface area contributed by atoms with Crippen molar-refractivity contribution < 1.29 is 0 Å². The van der Waals surface area contributed by atoms with Gasteiger partial charge in [-0.15, -0.1) is 10.2 Å². The van der Waals surface area contributed by atoms with Gasteiger partial charge in [-0.2, -0.15) is 0 Å². The molecule has 0 spiro atoms. The standard InChI is InChI=1S/C15H13N5/c1-2-5-13(6-3-1)12-20-10-9-17-15(20)19-18-14-7-4-8-16-11-14/h1-11H,12H2. The summed E-state index contributed by atoms with van der Waals surface area (Å²) in [5.41, 5.74) is 1.91. The van der Waals surface area contributed by atoms with Crippen molar-refractivity contribution in [2.45, 2.75) is 6.54 Å². The molecule has 5 nitrogen and oxygen atoms in total. The van der Waals surface area contributed by atoms with Gasteiger partial charge in [-0.3, -0.25) is 4.98 Å². The molecule has 20 heavy (non-hydrogen) atoms. The van der Waals surface area contributed by atoms with E-state index in [-0.39, 0.29) is 0 Å². The maximum absolute atomic E-state index is 4.21. The first-order valence-electron chi connectivity index (χ1n) is 6.29. The number of azo groups is 1. The van der Waals surface area contributed by atoms with Crippen LogP contribution in [0.3, 0.4) is 0 Å². The van der Waals surface area contributed by atoms with Gasteiger partial charge in [-0.05, 0) is 17.7 Å². The van der Waals surface area contributed by atoms with Crippen molar-refractivity contribution in [3.05, 3.63) is 72.8 Å². The lowest BCUT2D eigenvalue weighted by molar-refractivity contribution is 0.791. The third-order valence-electron chi connectivity index (χ3n) is 2.79. The Morgan fingerprint density at radius 1 is 0.950 bits per heavy atom. The molecule has 0 saturated heterocycles. The lowest BCUT2D eigenvalue weighted by Crippen LogP contribution is -1.96. The van der Waals surface area contributed by atoms with Crippen molar-refractivity contribution in [1.29, 1.82) is 0 Å². The van der Waals surface area contributed by atoms with Gasteiger partial charge in [0.1, 0.15) is 5.69 Å². The molecule has 2 aromatic heterocycles. The summed E-state index contributed by atoms with van der Waals surface area (Å²) < 4.78 is 1.95. The second-order valence-corrected chi connectivity index (χ2v) is 4.25. The summed E-state index contributed by atoms with van der Waals surface area (Å²) >= 11 is 0. The SMILES string of the molecule is c1ccc(Cn2ccnc2N=Nc2cccnc2)cc1. The highest BCUT2D eigenvalue weighted by Crippen LogP contribution is 2.16. The van der Waals surface area contributed by atoms with Gasteiger partial charge in [0.2, 0.25) is 5.95 Å². The first-order valence-corrected chi connectivity index (χ1v) is 6.29. The summed E-state index contributed by atoms with van der Waals surface area (Å²) in [4.78, 5) is 8.20. The van der Waals surface area contributed by atoms with E-state index >= 15 is 0 Å². The summed E-state index contributed by atoms with van der Waals surface area (Å²) in [6, 6.07) is 13.8. The molecule has 0 bridgehead atoms. The van der Waals surface area contributed by atoms with E-state index in [2.05, 4.69) is 32.3 Å². The van der Waals surface area contributed by atoms with Crippen LogP contribution in [0.5, 0.6) is 0 Å². The zero-order valence-corrected chi connectivity index (χ0v) is 10.8.